The summed E-state index contributed by atoms with van der Waals surface area (Å²) in [6, 6.07) is 12.6. The van der Waals surface area contributed by atoms with E-state index in [0.29, 0.717) is 10.8 Å². The van der Waals surface area contributed by atoms with Crippen LogP contribution in [0, 0.1) is 0 Å². The standard InChI is InChI=1S/C25H23ClN4O6/c1-13(14-5-7-15(26)8-6-14)27-22(31)17-11-18-16(12-20(17)35-3)24(32)30(25(33)28-18)21-10-9-19(34-2)23(29-21)36-4/h5-13H,1-4H3,(H,27,31)(H,28,33)/t13-/m0/s1. The molecule has 0 spiro atoms. The van der Waals surface area contributed by atoms with E-state index in [1.54, 1.807) is 12.1 Å². The van der Waals surface area contributed by atoms with Gasteiger partial charge in [-0.25, -0.2) is 9.36 Å². The Morgan fingerprint density at radius 1 is 1.00 bits per heavy atom. The van der Waals surface area contributed by atoms with Crippen LogP contribution in [-0.4, -0.2) is 41.8 Å². The van der Waals surface area contributed by atoms with Crippen molar-refractivity contribution in [3.63, 3.8) is 0 Å². The van der Waals surface area contributed by atoms with Gasteiger partial charge < -0.3 is 24.5 Å². The largest absolute Gasteiger partial charge is 0.496 e. The molecule has 11 heteroatoms. The summed E-state index contributed by atoms with van der Waals surface area (Å²) >= 11 is 5.94. The predicted octanol–water partition coefficient (Wildman–Crippen LogP) is 3.24. The third-order valence-corrected chi connectivity index (χ3v) is 5.89. The van der Waals surface area contributed by atoms with Gasteiger partial charge in [0.2, 0.25) is 0 Å². The van der Waals surface area contributed by atoms with Crippen molar-refractivity contribution in [3.8, 4) is 23.2 Å². The summed E-state index contributed by atoms with van der Waals surface area (Å²) in [6.07, 6.45) is 0. The maximum atomic E-state index is 13.3. The highest BCUT2D eigenvalue weighted by atomic mass is 35.5. The first-order valence-electron chi connectivity index (χ1n) is 10.8. The van der Waals surface area contributed by atoms with Crippen LogP contribution in [0.3, 0.4) is 0 Å². The number of aromatic amines is 1. The number of amides is 1. The Hall–Kier alpha value is -4.31. The van der Waals surface area contributed by atoms with E-state index < -0.39 is 17.2 Å². The van der Waals surface area contributed by atoms with Crippen LogP contribution in [0.1, 0.15) is 28.9 Å². The molecule has 186 valence electrons. The van der Waals surface area contributed by atoms with Crippen LogP contribution >= 0.6 is 11.6 Å². The monoisotopic (exact) mass is 510 g/mol. The molecule has 2 N–H and O–H groups in total. The maximum Gasteiger partial charge on any atom is 0.334 e. The van der Waals surface area contributed by atoms with Crippen molar-refractivity contribution >= 4 is 28.4 Å². The number of carbonyl (C=O) groups is 1. The minimum Gasteiger partial charge on any atom is -0.496 e. The van der Waals surface area contributed by atoms with Gasteiger partial charge >= 0.3 is 5.69 Å². The molecule has 0 aliphatic rings. The number of pyridine rings is 1. The lowest BCUT2D eigenvalue weighted by atomic mass is 10.1. The van der Waals surface area contributed by atoms with Crippen LogP contribution < -0.4 is 30.8 Å². The second kappa shape index (κ2) is 10.1. The molecule has 0 aliphatic heterocycles. The first kappa shape index (κ1) is 24.8. The molecule has 0 saturated heterocycles. The summed E-state index contributed by atoms with van der Waals surface area (Å²) < 4.78 is 16.6. The van der Waals surface area contributed by atoms with Crippen LogP contribution in [0.2, 0.25) is 5.02 Å². The predicted molar refractivity (Wildman–Crippen MR) is 135 cm³/mol. The molecule has 4 aromatic rings. The zero-order valence-electron chi connectivity index (χ0n) is 19.9. The van der Waals surface area contributed by atoms with Gasteiger partial charge in [0.1, 0.15) is 11.6 Å². The number of nitrogens with zero attached hydrogens (tertiary/aromatic N) is 2. The molecule has 36 heavy (non-hydrogen) atoms. The number of ether oxygens (including phenoxy) is 3. The van der Waals surface area contributed by atoms with Gasteiger partial charge in [-0.3, -0.25) is 9.59 Å². The van der Waals surface area contributed by atoms with Gasteiger partial charge in [-0.15, -0.1) is 0 Å². The van der Waals surface area contributed by atoms with Crippen molar-refractivity contribution in [2.24, 2.45) is 0 Å². The van der Waals surface area contributed by atoms with E-state index in [9.17, 15) is 14.4 Å². The highest BCUT2D eigenvalue weighted by molar-refractivity contribution is 6.30. The second-order valence-electron chi connectivity index (χ2n) is 7.80. The quantitative estimate of drug-likeness (QED) is 0.391. The van der Waals surface area contributed by atoms with Gasteiger partial charge in [0.15, 0.2) is 5.75 Å². The molecule has 0 aliphatic carbocycles. The first-order valence-corrected chi connectivity index (χ1v) is 11.2. The van der Waals surface area contributed by atoms with Gasteiger partial charge in [0, 0.05) is 5.02 Å². The van der Waals surface area contributed by atoms with Gasteiger partial charge in [-0.1, -0.05) is 23.7 Å². The number of halogens is 1. The smallest absolute Gasteiger partial charge is 0.334 e. The fourth-order valence-corrected chi connectivity index (χ4v) is 3.88. The van der Waals surface area contributed by atoms with Gasteiger partial charge in [-0.2, -0.15) is 4.98 Å². The molecule has 1 atom stereocenters. The molecular formula is C25H23ClN4O6. The number of benzene rings is 2. The average molecular weight is 511 g/mol. The molecular weight excluding hydrogens is 488 g/mol. The third kappa shape index (κ3) is 4.63. The number of carbonyl (C=O) groups excluding carboxylic acids is 1. The Balaban J connectivity index is 1.77. The Labute approximate surface area is 210 Å². The summed E-state index contributed by atoms with van der Waals surface area (Å²) in [5.41, 5.74) is -0.201. The molecule has 2 aromatic carbocycles. The van der Waals surface area contributed by atoms with Gasteiger partial charge in [0.25, 0.3) is 17.3 Å². The van der Waals surface area contributed by atoms with E-state index in [4.69, 9.17) is 25.8 Å². The number of rotatable bonds is 7. The lowest BCUT2D eigenvalue weighted by molar-refractivity contribution is 0.0937. The van der Waals surface area contributed by atoms with Crippen LogP contribution in [0.25, 0.3) is 16.7 Å². The zero-order valence-corrected chi connectivity index (χ0v) is 20.7. The lowest BCUT2D eigenvalue weighted by Gasteiger charge is -2.16. The van der Waals surface area contributed by atoms with E-state index >= 15 is 0 Å². The van der Waals surface area contributed by atoms with Gasteiger partial charge in [-0.05, 0) is 48.9 Å². The molecule has 0 unspecified atom stereocenters. The normalized spacial score (nSPS) is 11.7. The number of hydrogen-bond donors (Lipinski definition) is 2. The molecule has 1 amide bonds. The van der Waals surface area contributed by atoms with Gasteiger partial charge in [0.05, 0.1) is 43.8 Å². The Bertz CT molecular complexity index is 1560. The number of nitrogens with one attached hydrogen (secondary N) is 2. The Morgan fingerprint density at radius 2 is 1.69 bits per heavy atom. The molecule has 0 saturated carbocycles. The third-order valence-electron chi connectivity index (χ3n) is 5.63. The number of hydrogen-bond acceptors (Lipinski definition) is 7. The fraction of sp³-hybridized carbons (Fsp3) is 0.200. The van der Waals surface area contributed by atoms with Crippen LogP contribution in [-0.2, 0) is 0 Å². The summed E-state index contributed by atoms with van der Waals surface area (Å²) in [5, 5.41) is 3.61. The highest BCUT2D eigenvalue weighted by Crippen LogP contribution is 2.26. The van der Waals surface area contributed by atoms with Crippen molar-refractivity contribution in [2.75, 3.05) is 21.3 Å². The van der Waals surface area contributed by atoms with Crippen LogP contribution in [0.5, 0.6) is 17.4 Å². The maximum absolute atomic E-state index is 13.3. The average Bonchev–Trinajstić information content (AvgIpc) is 2.88. The molecule has 2 heterocycles. The van der Waals surface area contributed by atoms with Crippen LogP contribution in [0.4, 0.5) is 0 Å². The molecule has 2 aromatic heterocycles. The summed E-state index contributed by atoms with van der Waals surface area (Å²) in [4.78, 5) is 46.1. The summed E-state index contributed by atoms with van der Waals surface area (Å²) in [6.45, 7) is 1.82. The van der Waals surface area contributed by atoms with Crippen molar-refractivity contribution in [2.45, 2.75) is 13.0 Å². The van der Waals surface area contributed by atoms with E-state index in [1.807, 2.05) is 19.1 Å². The summed E-state index contributed by atoms with van der Waals surface area (Å²) in [7, 11) is 4.23. The Morgan fingerprint density at radius 3 is 2.33 bits per heavy atom. The van der Waals surface area contributed by atoms with Crippen molar-refractivity contribution in [1.29, 1.82) is 0 Å². The first-order chi connectivity index (χ1) is 17.3. The lowest BCUT2D eigenvalue weighted by Crippen LogP contribution is -2.34. The topological polar surface area (TPSA) is 125 Å². The number of fused-ring (bicyclic) bond motifs is 1. The van der Waals surface area contributed by atoms with Crippen molar-refractivity contribution in [1.82, 2.24) is 19.9 Å². The fourth-order valence-electron chi connectivity index (χ4n) is 3.75. The van der Waals surface area contributed by atoms with Crippen molar-refractivity contribution in [3.05, 3.63) is 85.5 Å². The zero-order chi connectivity index (χ0) is 26.0. The number of aromatic nitrogens is 3. The molecule has 0 fully saturated rings. The molecule has 0 bridgehead atoms. The van der Waals surface area contributed by atoms with E-state index in [2.05, 4.69) is 15.3 Å². The SMILES string of the molecule is COc1cc2c(=O)n(-c3ccc(OC)c(OC)n3)c(=O)[nH]c2cc1C(=O)N[C@@H](C)c1ccc(Cl)cc1. The number of methoxy groups -OCH3 is 3. The minimum absolute atomic E-state index is 0.0402. The van der Waals surface area contributed by atoms with E-state index in [1.165, 1.54) is 45.6 Å². The molecule has 4 rings (SSSR count). The highest BCUT2D eigenvalue weighted by Gasteiger charge is 2.20. The van der Waals surface area contributed by atoms with Crippen molar-refractivity contribution < 1.29 is 19.0 Å². The van der Waals surface area contributed by atoms with E-state index in [0.717, 1.165) is 10.1 Å². The van der Waals surface area contributed by atoms with Crippen LogP contribution in [0.15, 0.2) is 58.1 Å². The minimum atomic E-state index is -0.738. The number of H-pyrrole nitrogens is 1. The molecule has 0 radical (unpaired) electrons. The summed E-state index contributed by atoms with van der Waals surface area (Å²) in [5.74, 6) is 0.220. The molecule has 10 nitrogen and oxygen atoms in total. The Kier molecular flexibility index (Phi) is 6.98. The second-order valence-corrected chi connectivity index (χ2v) is 8.23. The van der Waals surface area contributed by atoms with E-state index in [-0.39, 0.29) is 40.0 Å².